The molecule has 0 aliphatic heterocycles. The molecule has 1 amide bonds. The van der Waals surface area contributed by atoms with Crippen molar-refractivity contribution >= 4 is 12.1 Å². The van der Waals surface area contributed by atoms with Gasteiger partial charge >= 0.3 is 12.1 Å². The van der Waals surface area contributed by atoms with Gasteiger partial charge in [-0.1, -0.05) is 32.1 Å². The lowest BCUT2D eigenvalue weighted by Crippen LogP contribution is -2.43. The number of nitrogens with one attached hydrogen (secondary N) is 1. The molecule has 0 aromatic heterocycles. The third kappa shape index (κ3) is 6.78. The molecule has 0 radical (unpaired) electrons. The van der Waals surface area contributed by atoms with Crippen LogP contribution in [0.25, 0.3) is 0 Å². The highest BCUT2D eigenvalue weighted by atomic mass is 16.6. The molecule has 0 unspecified atom stereocenters. The number of carbonyl (C=O) groups is 2. The summed E-state index contributed by atoms with van der Waals surface area (Å²) < 4.78 is 5.10. The summed E-state index contributed by atoms with van der Waals surface area (Å²) in [4.78, 5) is 22.8. The molecule has 1 aliphatic rings. The third-order valence-electron chi connectivity index (χ3n) is 3.58. The number of aliphatic carboxylic acids is 1. The summed E-state index contributed by atoms with van der Waals surface area (Å²) in [7, 11) is 0. The number of hydrogen-bond donors (Lipinski definition) is 2. The van der Waals surface area contributed by atoms with Crippen LogP contribution in [0, 0.1) is 5.92 Å². The number of rotatable bonds is 5. The Morgan fingerprint density at radius 1 is 1.25 bits per heavy atom. The molecular weight excluding hydrogens is 258 g/mol. The van der Waals surface area contributed by atoms with Gasteiger partial charge in [-0.3, -0.25) is 0 Å². The van der Waals surface area contributed by atoms with Crippen LogP contribution in [0.5, 0.6) is 0 Å². The second kappa shape index (κ2) is 7.50. The lowest BCUT2D eigenvalue weighted by Gasteiger charge is -2.24. The van der Waals surface area contributed by atoms with Crippen LogP contribution >= 0.6 is 0 Å². The molecule has 116 valence electrons. The van der Waals surface area contributed by atoms with E-state index in [0.29, 0.717) is 12.3 Å². The van der Waals surface area contributed by atoms with Crippen LogP contribution in [0.3, 0.4) is 0 Å². The number of ether oxygens (including phenoxy) is 1. The predicted molar refractivity (Wildman–Crippen MR) is 76.6 cm³/mol. The number of carboxylic acids is 1. The van der Waals surface area contributed by atoms with E-state index in [0.717, 1.165) is 6.42 Å². The van der Waals surface area contributed by atoms with Gasteiger partial charge in [0.15, 0.2) is 0 Å². The smallest absolute Gasteiger partial charge is 0.408 e. The maximum Gasteiger partial charge on any atom is 0.408 e. The van der Waals surface area contributed by atoms with Crippen molar-refractivity contribution < 1.29 is 19.4 Å². The van der Waals surface area contributed by atoms with Crippen LogP contribution in [-0.2, 0) is 9.53 Å². The van der Waals surface area contributed by atoms with Crippen molar-refractivity contribution in [2.75, 3.05) is 0 Å². The highest BCUT2D eigenvalue weighted by Crippen LogP contribution is 2.27. The van der Waals surface area contributed by atoms with Gasteiger partial charge in [-0.15, -0.1) is 0 Å². The van der Waals surface area contributed by atoms with E-state index >= 15 is 0 Å². The van der Waals surface area contributed by atoms with Gasteiger partial charge in [0.2, 0.25) is 0 Å². The minimum absolute atomic E-state index is 0.471. The first kappa shape index (κ1) is 16.8. The quantitative estimate of drug-likeness (QED) is 0.812. The van der Waals surface area contributed by atoms with E-state index < -0.39 is 23.7 Å². The van der Waals surface area contributed by atoms with Gasteiger partial charge in [-0.05, 0) is 39.5 Å². The third-order valence-corrected chi connectivity index (χ3v) is 3.58. The van der Waals surface area contributed by atoms with Gasteiger partial charge < -0.3 is 15.2 Å². The molecule has 5 heteroatoms. The minimum atomic E-state index is -0.994. The predicted octanol–water partition coefficient (Wildman–Crippen LogP) is 3.32. The lowest BCUT2D eigenvalue weighted by molar-refractivity contribution is -0.139. The van der Waals surface area contributed by atoms with Crippen LogP contribution in [0.15, 0.2) is 0 Å². The van der Waals surface area contributed by atoms with Crippen LogP contribution in [0.2, 0.25) is 0 Å². The van der Waals surface area contributed by atoms with Crippen molar-refractivity contribution in [3.8, 4) is 0 Å². The zero-order valence-corrected chi connectivity index (χ0v) is 12.8. The van der Waals surface area contributed by atoms with Crippen LogP contribution < -0.4 is 5.32 Å². The summed E-state index contributed by atoms with van der Waals surface area (Å²) in [6, 6.07) is -0.855. The van der Waals surface area contributed by atoms with Crippen molar-refractivity contribution in [1.29, 1.82) is 0 Å². The Kier molecular flexibility index (Phi) is 6.30. The standard InChI is InChI=1S/C15H27NO4/c1-15(2,3)20-14(19)16-12(13(17)18)10-9-11-7-5-4-6-8-11/h11-12H,4-10H2,1-3H3,(H,16,19)(H,17,18)/t12-/m0/s1. The molecular formula is C15H27NO4. The maximum atomic E-state index is 11.6. The second-order valence-electron chi connectivity index (χ2n) is 6.62. The summed E-state index contributed by atoms with van der Waals surface area (Å²) >= 11 is 0. The van der Waals surface area contributed by atoms with Crippen molar-refractivity contribution in [3.05, 3.63) is 0 Å². The first-order valence-corrected chi connectivity index (χ1v) is 7.50. The maximum absolute atomic E-state index is 11.6. The molecule has 1 fully saturated rings. The summed E-state index contributed by atoms with van der Waals surface area (Å²) in [6.07, 6.45) is 6.79. The number of amides is 1. The Morgan fingerprint density at radius 2 is 1.85 bits per heavy atom. The Morgan fingerprint density at radius 3 is 2.35 bits per heavy atom. The molecule has 0 bridgehead atoms. The summed E-state index contributed by atoms with van der Waals surface area (Å²) in [5.41, 5.74) is -0.615. The van der Waals surface area contributed by atoms with E-state index in [4.69, 9.17) is 4.74 Å². The van der Waals surface area contributed by atoms with Gasteiger partial charge in [0.05, 0.1) is 0 Å². The zero-order chi connectivity index (χ0) is 15.2. The number of alkyl carbamates (subject to hydrolysis) is 1. The SMILES string of the molecule is CC(C)(C)OC(=O)N[C@@H](CCC1CCCCC1)C(=O)O. The van der Waals surface area contributed by atoms with E-state index in [1.54, 1.807) is 20.8 Å². The van der Waals surface area contributed by atoms with Crippen LogP contribution in [0.4, 0.5) is 4.79 Å². The molecule has 5 nitrogen and oxygen atoms in total. The topological polar surface area (TPSA) is 75.6 Å². The highest BCUT2D eigenvalue weighted by Gasteiger charge is 2.25. The largest absolute Gasteiger partial charge is 0.480 e. The van der Waals surface area contributed by atoms with Crippen molar-refractivity contribution in [3.63, 3.8) is 0 Å². The lowest BCUT2D eigenvalue weighted by atomic mass is 9.85. The van der Waals surface area contributed by atoms with Crippen LogP contribution in [-0.4, -0.2) is 28.8 Å². The number of hydrogen-bond acceptors (Lipinski definition) is 3. The van der Waals surface area contributed by atoms with E-state index in [9.17, 15) is 14.7 Å². The molecule has 0 aromatic carbocycles. The summed E-state index contributed by atoms with van der Waals surface area (Å²) in [5, 5.41) is 11.6. The highest BCUT2D eigenvalue weighted by molar-refractivity contribution is 5.79. The van der Waals surface area contributed by atoms with E-state index in [1.807, 2.05) is 0 Å². The number of carbonyl (C=O) groups excluding carboxylic acids is 1. The van der Waals surface area contributed by atoms with Gasteiger partial charge in [0, 0.05) is 0 Å². The van der Waals surface area contributed by atoms with Crippen molar-refractivity contribution in [1.82, 2.24) is 5.32 Å². The average Bonchev–Trinajstić information content (AvgIpc) is 2.33. The number of carboxylic acid groups (broad SMARTS) is 1. The van der Waals surface area contributed by atoms with Crippen molar-refractivity contribution in [2.45, 2.75) is 77.4 Å². The molecule has 0 aromatic rings. The molecule has 1 atom stereocenters. The van der Waals surface area contributed by atoms with Gasteiger partial charge in [-0.2, -0.15) is 0 Å². The molecule has 2 N–H and O–H groups in total. The molecule has 1 aliphatic carbocycles. The fourth-order valence-corrected chi connectivity index (χ4v) is 2.59. The fourth-order valence-electron chi connectivity index (χ4n) is 2.59. The molecule has 0 saturated heterocycles. The first-order valence-electron chi connectivity index (χ1n) is 7.50. The average molecular weight is 285 g/mol. The molecule has 0 heterocycles. The monoisotopic (exact) mass is 285 g/mol. The van der Waals surface area contributed by atoms with Gasteiger partial charge in [-0.25, -0.2) is 9.59 Å². The normalized spacial score (nSPS) is 18.4. The van der Waals surface area contributed by atoms with E-state index in [1.165, 1.54) is 32.1 Å². The summed E-state index contributed by atoms with van der Waals surface area (Å²) in [5.74, 6) is -0.391. The van der Waals surface area contributed by atoms with E-state index in [2.05, 4.69) is 5.32 Å². The Balaban J connectivity index is 2.39. The first-order chi connectivity index (χ1) is 9.28. The second-order valence-corrected chi connectivity index (χ2v) is 6.62. The van der Waals surface area contributed by atoms with Gasteiger partial charge in [0.25, 0.3) is 0 Å². The molecule has 0 spiro atoms. The van der Waals surface area contributed by atoms with Crippen molar-refractivity contribution in [2.24, 2.45) is 5.92 Å². The van der Waals surface area contributed by atoms with Crippen LogP contribution in [0.1, 0.15) is 65.7 Å². The Hall–Kier alpha value is -1.26. The molecule has 1 saturated carbocycles. The Bertz CT molecular complexity index is 329. The van der Waals surface area contributed by atoms with Gasteiger partial charge in [0.1, 0.15) is 11.6 Å². The fraction of sp³-hybridized carbons (Fsp3) is 0.867. The summed E-state index contributed by atoms with van der Waals surface area (Å²) in [6.45, 7) is 5.26. The molecule has 1 rings (SSSR count). The van der Waals surface area contributed by atoms with E-state index in [-0.39, 0.29) is 0 Å². The zero-order valence-electron chi connectivity index (χ0n) is 12.8. The molecule has 20 heavy (non-hydrogen) atoms. The Labute approximate surface area is 121 Å². The minimum Gasteiger partial charge on any atom is -0.480 e.